The molecule has 0 atom stereocenters. The van der Waals surface area contributed by atoms with E-state index in [1.165, 1.54) is 0 Å². The van der Waals surface area contributed by atoms with Gasteiger partial charge in [-0.2, -0.15) is 5.10 Å². The molecule has 2 aromatic carbocycles. The van der Waals surface area contributed by atoms with Crippen LogP contribution in [0.15, 0.2) is 67.0 Å². The number of rotatable bonds is 5. The van der Waals surface area contributed by atoms with Gasteiger partial charge in [-0.1, -0.05) is 24.1 Å². The van der Waals surface area contributed by atoms with E-state index < -0.39 is 0 Å². The standard InChI is InChI=1S/C24H19N3O/c1-3-18-6-10-22-23(11-7-19-12-14-25-15-13-19)26-27(24(22)16-18)17-20-4-8-21(28-2)9-5-20/h1,4-16H,17H2,2H3. The molecule has 0 radical (unpaired) electrons. The third-order valence-corrected chi connectivity index (χ3v) is 4.58. The molecule has 0 amide bonds. The lowest BCUT2D eigenvalue weighted by Crippen LogP contribution is -2.02. The molecule has 4 nitrogen and oxygen atoms in total. The maximum Gasteiger partial charge on any atom is 0.118 e. The molecular formula is C24H19N3O. The van der Waals surface area contributed by atoms with E-state index in [0.29, 0.717) is 6.54 Å². The van der Waals surface area contributed by atoms with E-state index in [4.69, 9.17) is 16.3 Å². The fraction of sp³-hybridized carbons (Fsp3) is 0.0833. The van der Waals surface area contributed by atoms with Crippen LogP contribution in [-0.2, 0) is 6.54 Å². The first-order valence-corrected chi connectivity index (χ1v) is 8.95. The second kappa shape index (κ2) is 7.81. The van der Waals surface area contributed by atoms with Crippen LogP contribution in [-0.4, -0.2) is 21.9 Å². The Morgan fingerprint density at radius 2 is 1.82 bits per heavy atom. The number of hydrogen-bond donors (Lipinski definition) is 0. The fourth-order valence-corrected chi connectivity index (χ4v) is 3.09. The Hall–Kier alpha value is -3.84. The van der Waals surface area contributed by atoms with Gasteiger partial charge in [0.2, 0.25) is 0 Å². The first kappa shape index (κ1) is 17.6. The third-order valence-electron chi connectivity index (χ3n) is 4.58. The highest BCUT2D eigenvalue weighted by Gasteiger charge is 2.10. The van der Waals surface area contributed by atoms with Crippen molar-refractivity contribution in [1.29, 1.82) is 0 Å². The average Bonchev–Trinajstić information content (AvgIpc) is 3.10. The first-order valence-electron chi connectivity index (χ1n) is 8.95. The number of nitrogens with zero attached hydrogens (tertiary/aromatic N) is 3. The Morgan fingerprint density at radius 3 is 2.54 bits per heavy atom. The zero-order valence-electron chi connectivity index (χ0n) is 15.5. The molecule has 136 valence electrons. The summed E-state index contributed by atoms with van der Waals surface area (Å²) in [6.45, 7) is 0.650. The van der Waals surface area contributed by atoms with Crippen LogP contribution >= 0.6 is 0 Å². The summed E-state index contributed by atoms with van der Waals surface area (Å²) in [6, 6.07) is 17.9. The zero-order valence-corrected chi connectivity index (χ0v) is 15.5. The first-order chi connectivity index (χ1) is 13.8. The van der Waals surface area contributed by atoms with Crippen molar-refractivity contribution in [1.82, 2.24) is 14.8 Å². The molecule has 0 N–H and O–H groups in total. The van der Waals surface area contributed by atoms with Gasteiger partial charge in [0.05, 0.1) is 24.9 Å². The smallest absolute Gasteiger partial charge is 0.118 e. The molecule has 28 heavy (non-hydrogen) atoms. The predicted molar refractivity (Wildman–Crippen MR) is 113 cm³/mol. The molecule has 2 aromatic heterocycles. The van der Waals surface area contributed by atoms with Crippen molar-refractivity contribution >= 4 is 23.1 Å². The van der Waals surface area contributed by atoms with Crippen molar-refractivity contribution in [2.24, 2.45) is 0 Å². The van der Waals surface area contributed by atoms with E-state index in [0.717, 1.165) is 39.0 Å². The van der Waals surface area contributed by atoms with Crippen LogP contribution in [0.2, 0.25) is 0 Å². The van der Waals surface area contributed by atoms with Gasteiger partial charge in [-0.05, 0) is 59.7 Å². The van der Waals surface area contributed by atoms with E-state index >= 15 is 0 Å². The molecule has 0 spiro atoms. The Morgan fingerprint density at radius 1 is 1.04 bits per heavy atom. The van der Waals surface area contributed by atoms with Gasteiger partial charge in [-0.3, -0.25) is 9.67 Å². The number of benzene rings is 2. The minimum absolute atomic E-state index is 0.650. The molecule has 0 saturated heterocycles. The minimum atomic E-state index is 0.650. The van der Waals surface area contributed by atoms with Crippen LogP contribution in [0.1, 0.15) is 22.4 Å². The summed E-state index contributed by atoms with van der Waals surface area (Å²) in [4.78, 5) is 4.05. The van der Waals surface area contributed by atoms with Crippen LogP contribution in [0, 0.1) is 12.3 Å². The van der Waals surface area contributed by atoms with Crippen LogP contribution in [0.4, 0.5) is 0 Å². The van der Waals surface area contributed by atoms with Gasteiger partial charge in [0, 0.05) is 23.3 Å². The van der Waals surface area contributed by atoms with Crippen LogP contribution in [0.3, 0.4) is 0 Å². The number of aromatic nitrogens is 3. The Labute approximate surface area is 164 Å². The maximum atomic E-state index is 5.60. The van der Waals surface area contributed by atoms with Gasteiger partial charge in [-0.15, -0.1) is 6.42 Å². The molecule has 4 rings (SSSR count). The fourth-order valence-electron chi connectivity index (χ4n) is 3.09. The summed E-state index contributed by atoms with van der Waals surface area (Å²) in [5, 5.41) is 5.90. The van der Waals surface area contributed by atoms with E-state index in [-0.39, 0.29) is 0 Å². The maximum absolute atomic E-state index is 5.60. The van der Waals surface area contributed by atoms with Gasteiger partial charge >= 0.3 is 0 Å². The summed E-state index contributed by atoms with van der Waals surface area (Å²) in [5.74, 6) is 3.55. The van der Waals surface area contributed by atoms with Gasteiger partial charge in [0.1, 0.15) is 5.75 Å². The quantitative estimate of drug-likeness (QED) is 0.484. The van der Waals surface area contributed by atoms with Crippen LogP contribution < -0.4 is 4.74 Å². The highest BCUT2D eigenvalue weighted by Crippen LogP contribution is 2.23. The number of terminal acetylenes is 1. The molecule has 0 aliphatic heterocycles. The lowest BCUT2D eigenvalue weighted by Gasteiger charge is -2.05. The van der Waals surface area contributed by atoms with Gasteiger partial charge in [0.25, 0.3) is 0 Å². The molecule has 4 heteroatoms. The predicted octanol–water partition coefficient (Wildman–Crippen LogP) is 4.64. The normalized spacial score (nSPS) is 11.0. The van der Waals surface area contributed by atoms with Crippen molar-refractivity contribution in [3.63, 3.8) is 0 Å². The minimum Gasteiger partial charge on any atom is -0.497 e. The molecule has 0 fully saturated rings. The molecule has 0 aliphatic carbocycles. The summed E-state index contributed by atoms with van der Waals surface area (Å²) >= 11 is 0. The summed E-state index contributed by atoms with van der Waals surface area (Å²) in [5.41, 5.74) is 4.98. The average molecular weight is 365 g/mol. The molecule has 0 bridgehead atoms. The molecular weight excluding hydrogens is 346 g/mol. The van der Waals surface area contributed by atoms with Gasteiger partial charge in [-0.25, -0.2) is 0 Å². The second-order valence-electron chi connectivity index (χ2n) is 6.38. The van der Waals surface area contributed by atoms with Crippen molar-refractivity contribution in [3.05, 3.63) is 89.4 Å². The lowest BCUT2D eigenvalue weighted by molar-refractivity contribution is 0.414. The highest BCUT2D eigenvalue weighted by atomic mass is 16.5. The number of hydrogen-bond acceptors (Lipinski definition) is 3. The third kappa shape index (κ3) is 3.65. The van der Waals surface area contributed by atoms with Crippen molar-refractivity contribution in [2.75, 3.05) is 7.11 Å². The SMILES string of the molecule is C#Cc1ccc2c(C=Cc3ccncc3)nn(Cc3ccc(OC)cc3)c2c1. The van der Waals surface area contributed by atoms with Crippen molar-refractivity contribution in [2.45, 2.75) is 6.54 Å². The Bertz CT molecular complexity index is 1170. The zero-order chi connectivity index (χ0) is 19.3. The van der Waals surface area contributed by atoms with E-state index in [1.807, 2.05) is 71.4 Å². The summed E-state index contributed by atoms with van der Waals surface area (Å²) in [7, 11) is 1.67. The summed E-state index contributed by atoms with van der Waals surface area (Å²) in [6.07, 6.45) is 13.2. The van der Waals surface area contributed by atoms with Gasteiger partial charge in [0.15, 0.2) is 0 Å². The Kier molecular flexibility index (Phi) is 4.90. The number of methoxy groups -OCH3 is 1. The molecule has 0 aliphatic rings. The largest absolute Gasteiger partial charge is 0.497 e. The van der Waals surface area contributed by atoms with Crippen LogP contribution in [0.25, 0.3) is 23.1 Å². The topological polar surface area (TPSA) is 39.9 Å². The van der Waals surface area contributed by atoms with Crippen molar-refractivity contribution in [3.8, 4) is 18.1 Å². The highest BCUT2D eigenvalue weighted by molar-refractivity contribution is 5.90. The number of pyridine rings is 1. The summed E-state index contributed by atoms with van der Waals surface area (Å²) < 4.78 is 7.23. The molecule has 0 saturated carbocycles. The molecule has 2 heterocycles. The number of fused-ring (bicyclic) bond motifs is 1. The van der Waals surface area contributed by atoms with E-state index in [1.54, 1.807) is 19.5 Å². The Balaban J connectivity index is 1.74. The van der Waals surface area contributed by atoms with Gasteiger partial charge < -0.3 is 4.74 Å². The molecule has 0 unspecified atom stereocenters. The lowest BCUT2D eigenvalue weighted by atomic mass is 10.1. The number of ether oxygens (including phenoxy) is 1. The second-order valence-corrected chi connectivity index (χ2v) is 6.38. The van der Waals surface area contributed by atoms with Crippen LogP contribution in [0.5, 0.6) is 5.75 Å². The van der Waals surface area contributed by atoms with E-state index in [9.17, 15) is 0 Å². The monoisotopic (exact) mass is 365 g/mol. The van der Waals surface area contributed by atoms with E-state index in [2.05, 4.69) is 10.9 Å². The van der Waals surface area contributed by atoms with Crippen molar-refractivity contribution < 1.29 is 4.74 Å². The molecule has 4 aromatic rings.